The van der Waals surface area contributed by atoms with E-state index >= 15 is 0 Å². The van der Waals surface area contributed by atoms with Crippen LogP contribution in [0.3, 0.4) is 0 Å². The van der Waals surface area contributed by atoms with Crippen molar-refractivity contribution in [3.05, 3.63) is 60.3 Å². The fourth-order valence-corrected chi connectivity index (χ4v) is 2.23. The van der Waals surface area contributed by atoms with Crippen LogP contribution in [-0.2, 0) is 6.42 Å². The molecular weight excluding hydrogens is 288 g/mol. The molecule has 2 aromatic heterocycles. The molecule has 23 heavy (non-hydrogen) atoms. The Morgan fingerprint density at radius 3 is 2.52 bits per heavy atom. The highest BCUT2D eigenvalue weighted by atomic mass is 15.1. The number of nitrogens with zero attached hydrogens (tertiary/aromatic N) is 4. The first kappa shape index (κ1) is 14.9. The first-order valence-corrected chi connectivity index (χ1v) is 7.47. The lowest BCUT2D eigenvalue weighted by molar-refractivity contribution is 1.10. The molecule has 0 aliphatic carbocycles. The van der Waals surface area contributed by atoms with Gasteiger partial charge in [-0.3, -0.25) is 0 Å². The summed E-state index contributed by atoms with van der Waals surface area (Å²) in [6.07, 6.45) is 5.90. The third-order valence-corrected chi connectivity index (χ3v) is 3.38. The summed E-state index contributed by atoms with van der Waals surface area (Å²) in [6, 6.07) is 9.85. The smallest absolute Gasteiger partial charge is 0.227 e. The highest BCUT2D eigenvalue weighted by Crippen LogP contribution is 2.25. The van der Waals surface area contributed by atoms with E-state index in [4.69, 9.17) is 0 Å². The molecule has 0 spiro atoms. The van der Waals surface area contributed by atoms with E-state index < -0.39 is 0 Å². The minimum absolute atomic E-state index is 0.581. The Bertz CT molecular complexity index is 788. The zero-order chi connectivity index (χ0) is 16.1. The van der Waals surface area contributed by atoms with E-state index in [0.717, 1.165) is 29.3 Å². The molecule has 1 aromatic carbocycles. The molecule has 0 amide bonds. The number of benzene rings is 1. The second-order valence-corrected chi connectivity index (χ2v) is 5.09. The van der Waals surface area contributed by atoms with Crippen molar-refractivity contribution in [3.8, 4) is 0 Å². The van der Waals surface area contributed by atoms with Crippen LogP contribution in [0.25, 0.3) is 0 Å². The van der Waals surface area contributed by atoms with Gasteiger partial charge in [-0.1, -0.05) is 13.0 Å². The van der Waals surface area contributed by atoms with Gasteiger partial charge in [0, 0.05) is 35.5 Å². The van der Waals surface area contributed by atoms with Crippen molar-refractivity contribution in [2.45, 2.75) is 20.3 Å². The Morgan fingerprint density at radius 2 is 1.78 bits per heavy atom. The zero-order valence-electron chi connectivity index (χ0n) is 13.1. The average Bonchev–Trinajstić information content (AvgIpc) is 2.56. The number of hydrogen-bond donors (Lipinski definition) is 2. The van der Waals surface area contributed by atoms with Crippen LogP contribution in [-0.4, -0.2) is 19.9 Å². The van der Waals surface area contributed by atoms with E-state index in [1.54, 1.807) is 24.8 Å². The minimum atomic E-state index is 0.581. The van der Waals surface area contributed by atoms with Gasteiger partial charge in [-0.05, 0) is 37.1 Å². The molecule has 3 rings (SSSR count). The molecule has 6 heteroatoms. The maximum Gasteiger partial charge on any atom is 0.227 e. The van der Waals surface area contributed by atoms with Gasteiger partial charge in [0.25, 0.3) is 0 Å². The molecule has 0 bridgehead atoms. The maximum absolute atomic E-state index is 4.22. The number of rotatable bonds is 5. The standard InChI is InChI=1S/C17H18N6/c1-3-13-5-6-14(22-16-9-12(2)20-11-21-16)10-15(13)23-17-18-7-4-8-19-17/h4-11H,3H2,1-2H3,(H,18,19,23)(H,20,21,22). The number of anilines is 4. The molecule has 6 nitrogen and oxygen atoms in total. The van der Waals surface area contributed by atoms with Crippen LogP contribution in [0.5, 0.6) is 0 Å². The van der Waals surface area contributed by atoms with Crippen molar-refractivity contribution in [3.63, 3.8) is 0 Å². The summed E-state index contributed by atoms with van der Waals surface area (Å²) in [4.78, 5) is 16.7. The SMILES string of the molecule is CCc1ccc(Nc2cc(C)ncn2)cc1Nc1ncccn1. The van der Waals surface area contributed by atoms with Crippen LogP contribution in [0.4, 0.5) is 23.1 Å². The minimum Gasteiger partial charge on any atom is -0.340 e. The predicted octanol–water partition coefficient (Wildman–Crippen LogP) is 3.62. The molecule has 0 fully saturated rings. The number of hydrogen-bond acceptors (Lipinski definition) is 6. The van der Waals surface area contributed by atoms with E-state index in [0.29, 0.717) is 5.95 Å². The normalized spacial score (nSPS) is 10.3. The lowest BCUT2D eigenvalue weighted by atomic mass is 10.1. The molecule has 0 saturated heterocycles. The van der Waals surface area contributed by atoms with Crippen molar-refractivity contribution in [1.29, 1.82) is 0 Å². The van der Waals surface area contributed by atoms with Crippen LogP contribution in [0.15, 0.2) is 49.1 Å². The van der Waals surface area contributed by atoms with Crippen molar-refractivity contribution in [2.75, 3.05) is 10.6 Å². The Labute approximate surface area is 135 Å². The van der Waals surface area contributed by atoms with Crippen molar-refractivity contribution >= 4 is 23.1 Å². The van der Waals surface area contributed by atoms with E-state index in [1.165, 1.54) is 5.56 Å². The number of aryl methyl sites for hydroxylation is 2. The summed E-state index contributed by atoms with van der Waals surface area (Å²) >= 11 is 0. The topological polar surface area (TPSA) is 75.6 Å². The fourth-order valence-electron chi connectivity index (χ4n) is 2.23. The molecule has 0 atom stereocenters. The lowest BCUT2D eigenvalue weighted by Gasteiger charge is -2.13. The maximum atomic E-state index is 4.22. The Kier molecular flexibility index (Phi) is 4.42. The summed E-state index contributed by atoms with van der Waals surface area (Å²) in [5, 5.41) is 6.56. The molecule has 0 radical (unpaired) electrons. The largest absolute Gasteiger partial charge is 0.340 e. The summed E-state index contributed by atoms with van der Waals surface area (Å²) in [5.41, 5.74) is 4.04. The fraction of sp³-hybridized carbons (Fsp3) is 0.176. The molecule has 0 aliphatic heterocycles. The van der Waals surface area contributed by atoms with Gasteiger partial charge in [-0.2, -0.15) is 0 Å². The first-order chi connectivity index (χ1) is 11.2. The van der Waals surface area contributed by atoms with E-state index in [2.05, 4.69) is 43.6 Å². The molecule has 0 saturated carbocycles. The highest BCUT2D eigenvalue weighted by molar-refractivity contribution is 5.68. The van der Waals surface area contributed by atoms with E-state index in [9.17, 15) is 0 Å². The van der Waals surface area contributed by atoms with Gasteiger partial charge in [-0.15, -0.1) is 0 Å². The van der Waals surface area contributed by atoms with E-state index in [1.807, 2.05) is 25.1 Å². The quantitative estimate of drug-likeness (QED) is 0.749. The second-order valence-electron chi connectivity index (χ2n) is 5.09. The molecule has 0 unspecified atom stereocenters. The summed E-state index contributed by atoms with van der Waals surface area (Å²) < 4.78 is 0. The molecule has 3 aromatic rings. The summed E-state index contributed by atoms with van der Waals surface area (Å²) in [7, 11) is 0. The van der Waals surface area contributed by atoms with E-state index in [-0.39, 0.29) is 0 Å². The first-order valence-electron chi connectivity index (χ1n) is 7.47. The van der Waals surface area contributed by atoms with Crippen LogP contribution < -0.4 is 10.6 Å². The predicted molar refractivity (Wildman–Crippen MR) is 91.2 cm³/mol. The third kappa shape index (κ3) is 3.79. The van der Waals surface area contributed by atoms with Gasteiger partial charge >= 0.3 is 0 Å². The number of aromatic nitrogens is 4. The molecule has 0 aliphatic rings. The lowest BCUT2D eigenvalue weighted by Crippen LogP contribution is -2.01. The summed E-state index contributed by atoms with van der Waals surface area (Å²) in [6.45, 7) is 4.06. The zero-order valence-corrected chi connectivity index (χ0v) is 13.1. The molecule has 116 valence electrons. The Morgan fingerprint density at radius 1 is 0.957 bits per heavy atom. The number of nitrogens with one attached hydrogen (secondary N) is 2. The van der Waals surface area contributed by atoms with Crippen LogP contribution in [0.2, 0.25) is 0 Å². The Hall–Kier alpha value is -3.02. The van der Waals surface area contributed by atoms with Gasteiger partial charge < -0.3 is 10.6 Å². The average molecular weight is 306 g/mol. The molecule has 2 N–H and O–H groups in total. The Balaban J connectivity index is 1.86. The molecule has 2 heterocycles. The van der Waals surface area contributed by atoms with Gasteiger partial charge in [0.15, 0.2) is 0 Å². The van der Waals surface area contributed by atoms with Gasteiger partial charge in [0.2, 0.25) is 5.95 Å². The molecular formula is C17H18N6. The van der Waals surface area contributed by atoms with Gasteiger partial charge in [0.1, 0.15) is 12.1 Å². The van der Waals surface area contributed by atoms with Crippen molar-refractivity contribution < 1.29 is 0 Å². The second kappa shape index (κ2) is 6.83. The van der Waals surface area contributed by atoms with Crippen LogP contribution >= 0.6 is 0 Å². The van der Waals surface area contributed by atoms with Crippen LogP contribution in [0.1, 0.15) is 18.2 Å². The monoisotopic (exact) mass is 306 g/mol. The van der Waals surface area contributed by atoms with Crippen molar-refractivity contribution in [1.82, 2.24) is 19.9 Å². The van der Waals surface area contributed by atoms with Crippen molar-refractivity contribution in [2.24, 2.45) is 0 Å². The van der Waals surface area contributed by atoms with Crippen LogP contribution in [0, 0.1) is 6.92 Å². The highest BCUT2D eigenvalue weighted by Gasteiger charge is 2.05. The van der Waals surface area contributed by atoms with Gasteiger partial charge in [0.05, 0.1) is 0 Å². The van der Waals surface area contributed by atoms with Gasteiger partial charge in [-0.25, -0.2) is 19.9 Å². The summed E-state index contributed by atoms with van der Waals surface area (Å²) in [5.74, 6) is 1.35. The third-order valence-electron chi connectivity index (χ3n) is 3.38.